The number of carbonyl (C=O) groups excluding carboxylic acids is 1. The number of hydrogen-bond donors (Lipinski definition) is 8. The highest BCUT2D eigenvalue weighted by atomic mass is 16.7. The average Bonchev–Trinajstić information content (AvgIpc) is 3.26. The van der Waals surface area contributed by atoms with Crippen molar-refractivity contribution in [1.29, 1.82) is 0 Å². The average molecular weight is 597 g/mol. The number of aliphatic hydroxyl groups excluding tert-OH is 6. The summed E-state index contributed by atoms with van der Waals surface area (Å²) in [6, 6.07) is 6.99. The summed E-state index contributed by atoms with van der Waals surface area (Å²) in [6.07, 6.45) is -11.5. The Labute approximate surface area is 238 Å². The Bertz CT molecular complexity index is 1300. The zero-order chi connectivity index (χ0) is 30.3. The lowest BCUT2D eigenvalue weighted by Crippen LogP contribution is -2.60. The van der Waals surface area contributed by atoms with Gasteiger partial charge in [0.2, 0.25) is 12.6 Å². The minimum absolute atomic E-state index is 0.0408. The molecule has 0 saturated carbocycles. The second-order valence-corrected chi connectivity index (χ2v) is 10.3. The SMILES string of the molecule is COc1cc([C@H]2CC(=O)c3c(O)cc(O[C@@H]4O[C@@H](CO)[C@@H](O)[C@H](O)[C@H]4O)cc3O2)ccc1O[C@H]1OC[C@](O)(CO)[C@H]1O. The molecule has 15 nitrogen and oxygen atoms in total. The van der Waals surface area contributed by atoms with Crippen LogP contribution in [0.2, 0.25) is 0 Å². The van der Waals surface area contributed by atoms with Gasteiger partial charge in [-0.15, -0.1) is 0 Å². The van der Waals surface area contributed by atoms with Crippen LogP contribution in [0.3, 0.4) is 0 Å². The van der Waals surface area contributed by atoms with Crippen molar-refractivity contribution >= 4 is 5.78 Å². The van der Waals surface area contributed by atoms with Crippen LogP contribution in [0.5, 0.6) is 28.7 Å². The first-order valence-electron chi connectivity index (χ1n) is 13.0. The Morgan fingerprint density at radius 1 is 0.976 bits per heavy atom. The number of aliphatic hydroxyl groups is 7. The molecule has 0 amide bonds. The van der Waals surface area contributed by atoms with Crippen LogP contribution in [-0.4, -0.2) is 122 Å². The van der Waals surface area contributed by atoms with Gasteiger partial charge in [0.15, 0.2) is 17.3 Å². The number of phenolic OH excluding ortho intramolecular Hbond substituents is 1. The van der Waals surface area contributed by atoms with Crippen molar-refractivity contribution in [1.82, 2.24) is 0 Å². The lowest BCUT2D eigenvalue weighted by Gasteiger charge is -2.39. The van der Waals surface area contributed by atoms with Crippen molar-refractivity contribution < 1.29 is 74.1 Å². The van der Waals surface area contributed by atoms with Crippen molar-refractivity contribution in [3.05, 3.63) is 41.5 Å². The van der Waals surface area contributed by atoms with Crippen molar-refractivity contribution in [2.24, 2.45) is 0 Å². The van der Waals surface area contributed by atoms with Crippen molar-refractivity contribution in [2.75, 3.05) is 26.9 Å². The fourth-order valence-electron chi connectivity index (χ4n) is 4.97. The number of ether oxygens (including phenoxy) is 6. The van der Waals surface area contributed by atoms with E-state index in [9.17, 15) is 45.6 Å². The molecule has 2 fully saturated rings. The third kappa shape index (κ3) is 5.46. The van der Waals surface area contributed by atoms with Gasteiger partial charge >= 0.3 is 0 Å². The molecule has 3 aliphatic rings. The van der Waals surface area contributed by atoms with E-state index < -0.39 is 79.6 Å². The number of carbonyl (C=O) groups is 1. The number of benzene rings is 2. The molecule has 0 bridgehead atoms. The predicted octanol–water partition coefficient (Wildman–Crippen LogP) is -1.89. The van der Waals surface area contributed by atoms with E-state index in [4.69, 9.17) is 28.4 Å². The maximum Gasteiger partial charge on any atom is 0.229 e. The third-order valence-electron chi connectivity index (χ3n) is 7.46. The van der Waals surface area contributed by atoms with E-state index >= 15 is 0 Å². The predicted molar refractivity (Wildman–Crippen MR) is 136 cm³/mol. The third-order valence-corrected chi connectivity index (χ3v) is 7.46. The number of fused-ring (bicyclic) bond motifs is 1. The molecule has 2 aromatic rings. The van der Waals surface area contributed by atoms with Crippen LogP contribution in [0.25, 0.3) is 0 Å². The van der Waals surface area contributed by atoms with Gasteiger partial charge in [0, 0.05) is 12.1 Å². The number of rotatable bonds is 8. The van der Waals surface area contributed by atoms with Crippen molar-refractivity contribution in [3.63, 3.8) is 0 Å². The summed E-state index contributed by atoms with van der Waals surface area (Å²) in [5.41, 5.74) is -1.49. The molecule has 0 aliphatic carbocycles. The molecule has 42 heavy (non-hydrogen) atoms. The first-order chi connectivity index (χ1) is 20.0. The fraction of sp³-hybridized carbons (Fsp3) is 0.519. The highest BCUT2D eigenvalue weighted by Gasteiger charge is 2.49. The zero-order valence-electron chi connectivity index (χ0n) is 22.3. The molecule has 8 N–H and O–H groups in total. The Morgan fingerprint density at radius 3 is 2.40 bits per heavy atom. The molecular weight excluding hydrogens is 564 g/mol. The number of ketones is 1. The first-order valence-corrected chi connectivity index (χ1v) is 13.0. The van der Waals surface area contributed by atoms with Gasteiger partial charge in [-0.2, -0.15) is 0 Å². The maximum atomic E-state index is 13.0. The molecule has 0 aromatic heterocycles. The largest absolute Gasteiger partial charge is 0.507 e. The smallest absolute Gasteiger partial charge is 0.229 e. The van der Waals surface area contributed by atoms with Gasteiger partial charge in [0.1, 0.15) is 65.0 Å². The highest BCUT2D eigenvalue weighted by molar-refractivity contribution is 6.02. The molecule has 2 saturated heterocycles. The number of hydrogen-bond acceptors (Lipinski definition) is 15. The van der Waals surface area contributed by atoms with Crippen LogP contribution in [0.4, 0.5) is 0 Å². The first kappa shape index (κ1) is 30.2. The van der Waals surface area contributed by atoms with Crippen molar-refractivity contribution in [3.8, 4) is 28.7 Å². The second kappa shape index (κ2) is 11.8. The minimum atomic E-state index is -1.88. The molecule has 5 rings (SSSR count). The maximum absolute atomic E-state index is 13.0. The van der Waals surface area contributed by atoms with E-state index in [0.29, 0.717) is 5.56 Å². The number of phenols is 1. The summed E-state index contributed by atoms with van der Waals surface area (Å²) in [4.78, 5) is 13.0. The Morgan fingerprint density at radius 2 is 1.74 bits per heavy atom. The van der Waals surface area contributed by atoms with Gasteiger partial charge < -0.3 is 69.3 Å². The molecule has 9 atom stereocenters. The van der Waals surface area contributed by atoms with Crippen LogP contribution in [0.15, 0.2) is 30.3 Å². The monoisotopic (exact) mass is 596 g/mol. The number of Topliss-reactive ketones (excluding diaryl/α,β-unsaturated/α-hetero) is 1. The molecule has 2 aromatic carbocycles. The van der Waals surface area contributed by atoms with Gasteiger partial charge in [-0.1, -0.05) is 6.07 Å². The normalized spacial score (nSPS) is 34.4. The molecular formula is C27H32O15. The van der Waals surface area contributed by atoms with E-state index in [0.717, 1.165) is 6.07 Å². The summed E-state index contributed by atoms with van der Waals surface area (Å²) in [6.45, 7) is -1.74. The van der Waals surface area contributed by atoms with Gasteiger partial charge in [0.25, 0.3) is 0 Å². The van der Waals surface area contributed by atoms with E-state index in [2.05, 4.69) is 0 Å². The van der Waals surface area contributed by atoms with Crippen LogP contribution in [0, 0.1) is 0 Å². The van der Waals surface area contributed by atoms with Gasteiger partial charge in [-0.05, 0) is 17.7 Å². The van der Waals surface area contributed by atoms with Gasteiger partial charge in [-0.25, -0.2) is 0 Å². The lowest BCUT2D eigenvalue weighted by atomic mass is 9.95. The van der Waals surface area contributed by atoms with Gasteiger partial charge in [-0.3, -0.25) is 4.79 Å². The van der Waals surface area contributed by atoms with Crippen LogP contribution in [-0.2, 0) is 9.47 Å². The summed E-state index contributed by atoms with van der Waals surface area (Å²) < 4.78 is 33.3. The fourth-order valence-corrected chi connectivity index (χ4v) is 4.97. The molecule has 230 valence electrons. The molecule has 3 heterocycles. The molecule has 0 unspecified atom stereocenters. The zero-order valence-corrected chi connectivity index (χ0v) is 22.3. The van der Waals surface area contributed by atoms with E-state index in [1.165, 1.54) is 25.3 Å². The molecule has 0 spiro atoms. The Kier molecular flexibility index (Phi) is 8.48. The topological polar surface area (TPSA) is 234 Å². The van der Waals surface area contributed by atoms with E-state index in [-0.39, 0.29) is 41.6 Å². The van der Waals surface area contributed by atoms with Gasteiger partial charge in [0.05, 0.1) is 33.4 Å². The van der Waals surface area contributed by atoms with E-state index in [1.54, 1.807) is 6.07 Å². The quantitative estimate of drug-likeness (QED) is 0.166. The summed E-state index contributed by atoms with van der Waals surface area (Å²) in [7, 11) is 1.37. The Hall–Kier alpha value is -3.25. The Balaban J connectivity index is 1.35. The molecule has 15 heteroatoms. The summed E-state index contributed by atoms with van der Waals surface area (Å²) >= 11 is 0. The molecule has 3 aliphatic heterocycles. The van der Waals surface area contributed by atoms with Crippen LogP contribution < -0.4 is 18.9 Å². The minimum Gasteiger partial charge on any atom is -0.507 e. The second-order valence-electron chi connectivity index (χ2n) is 10.3. The van der Waals surface area contributed by atoms with Crippen LogP contribution >= 0.6 is 0 Å². The number of methoxy groups -OCH3 is 1. The van der Waals surface area contributed by atoms with E-state index in [1.807, 2.05) is 0 Å². The van der Waals surface area contributed by atoms with Crippen LogP contribution in [0.1, 0.15) is 28.4 Å². The number of aromatic hydroxyl groups is 1. The highest BCUT2D eigenvalue weighted by Crippen LogP contribution is 2.44. The standard InChI is InChI=1S/C27H32O15/c1-37-17-4-11(2-3-15(17)41-26-24(35)27(36,9-29)10-38-26)16-7-14(31)20-13(30)5-12(6-18(20)40-16)39-25-23(34)22(33)21(32)19(8-28)42-25/h2-6,16,19,21-26,28-30,32-36H,7-10H2,1H3/t16-,19+,21-,22+,23-,24+,25-,26-,27-/m1/s1. The molecule has 0 radical (unpaired) electrons. The van der Waals surface area contributed by atoms with Crippen molar-refractivity contribution in [2.45, 2.75) is 61.2 Å². The summed E-state index contributed by atoms with van der Waals surface area (Å²) in [5.74, 6) is -0.711. The lowest BCUT2D eigenvalue weighted by molar-refractivity contribution is -0.277. The summed E-state index contributed by atoms with van der Waals surface area (Å²) in [5, 5.41) is 80.1.